The number of hydrogen-bond acceptors (Lipinski definition) is 4. The molecule has 0 saturated heterocycles. The highest BCUT2D eigenvalue weighted by Crippen LogP contribution is 2.23. The number of hydrogen-bond donors (Lipinski definition) is 0. The summed E-state index contributed by atoms with van der Waals surface area (Å²) in [5.74, 6) is 0.833. The Bertz CT molecular complexity index is 1160. The van der Waals surface area contributed by atoms with Gasteiger partial charge in [0.05, 0.1) is 13.0 Å². The molecule has 0 unspecified atom stereocenters. The van der Waals surface area contributed by atoms with E-state index in [1.54, 1.807) is 17.0 Å². The summed E-state index contributed by atoms with van der Waals surface area (Å²) in [6.07, 6.45) is 0.317. The van der Waals surface area contributed by atoms with Crippen molar-refractivity contribution >= 4 is 28.3 Å². The van der Waals surface area contributed by atoms with Crippen LogP contribution in [-0.2, 0) is 17.8 Å². The monoisotopic (exact) mass is 419 g/mol. The number of halogens is 1. The van der Waals surface area contributed by atoms with Gasteiger partial charge in [-0.15, -0.1) is 10.2 Å². The summed E-state index contributed by atoms with van der Waals surface area (Å²) in [7, 11) is 0. The summed E-state index contributed by atoms with van der Waals surface area (Å²) < 4.78 is 5.80. The molecule has 1 aromatic heterocycles. The minimum Gasteiger partial charge on any atom is -0.419 e. The molecule has 4 aromatic rings. The second-order valence-corrected chi connectivity index (χ2v) is 7.87. The zero-order valence-electron chi connectivity index (χ0n) is 16.9. The molecule has 0 saturated carbocycles. The van der Waals surface area contributed by atoms with Crippen LogP contribution in [0, 0.1) is 0 Å². The van der Waals surface area contributed by atoms with Gasteiger partial charge in [-0.2, -0.15) is 0 Å². The molecule has 30 heavy (non-hydrogen) atoms. The molecular formula is C24H22ClN3O2. The first-order valence-electron chi connectivity index (χ1n) is 9.85. The number of fused-ring (bicyclic) bond motifs is 1. The van der Waals surface area contributed by atoms with Crippen molar-refractivity contribution in [3.63, 3.8) is 0 Å². The maximum Gasteiger partial charge on any atom is 0.247 e. The Balaban J connectivity index is 1.53. The summed E-state index contributed by atoms with van der Waals surface area (Å²) >= 11 is 5.93. The summed E-state index contributed by atoms with van der Waals surface area (Å²) in [6.45, 7) is 4.23. The first-order chi connectivity index (χ1) is 14.5. The van der Waals surface area contributed by atoms with Gasteiger partial charge in [0.25, 0.3) is 0 Å². The fourth-order valence-corrected chi connectivity index (χ4v) is 3.57. The maximum absolute atomic E-state index is 13.1. The van der Waals surface area contributed by atoms with Gasteiger partial charge in [-0.1, -0.05) is 54.1 Å². The van der Waals surface area contributed by atoms with Crippen LogP contribution in [0.1, 0.15) is 25.3 Å². The van der Waals surface area contributed by atoms with Crippen molar-refractivity contribution in [2.24, 2.45) is 0 Å². The van der Waals surface area contributed by atoms with Crippen LogP contribution in [0.2, 0.25) is 5.02 Å². The Morgan fingerprint density at radius 3 is 2.50 bits per heavy atom. The summed E-state index contributed by atoms with van der Waals surface area (Å²) in [4.78, 5) is 14.9. The van der Waals surface area contributed by atoms with Crippen LogP contribution >= 0.6 is 11.6 Å². The van der Waals surface area contributed by atoms with Gasteiger partial charge in [-0.25, -0.2) is 0 Å². The molecule has 0 atom stereocenters. The van der Waals surface area contributed by atoms with Crippen molar-refractivity contribution in [1.82, 2.24) is 15.1 Å². The second-order valence-electron chi connectivity index (χ2n) is 7.44. The van der Waals surface area contributed by atoms with Gasteiger partial charge in [-0.05, 0) is 54.4 Å². The van der Waals surface area contributed by atoms with Gasteiger partial charge in [0.2, 0.25) is 17.7 Å². The first kappa shape index (κ1) is 20.1. The lowest BCUT2D eigenvalue weighted by molar-refractivity contribution is -0.133. The van der Waals surface area contributed by atoms with Gasteiger partial charge >= 0.3 is 0 Å². The number of rotatable bonds is 6. The van der Waals surface area contributed by atoms with Gasteiger partial charge in [0, 0.05) is 16.6 Å². The van der Waals surface area contributed by atoms with Gasteiger partial charge in [0.15, 0.2) is 0 Å². The fraction of sp³-hybridized carbons (Fsp3) is 0.208. The Morgan fingerprint density at radius 1 is 1.00 bits per heavy atom. The van der Waals surface area contributed by atoms with Crippen molar-refractivity contribution in [2.75, 3.05) is 0 Å². The van der Waals surface area contributed by atoms with E-state index < -0.39 is 0 Å². The van der Waals surface area contributed by atoms with E-state index in [9.17, 15) is 4.79 Å². The lowest BCUT2D eigenvalue weighted by Gasteiger charge is -2.25. The van der Waals surface area contributed by atoms with Crippen LogP contribution in [0.3, 0.4) is 0 Å². The van der Waals surface area contributed by atoms with Crippen molar-refractivity contribution in [3.8, 4) is 11.5 Å². The molecule has 0 N–H and O–H groups in total. The van der Waals surface area contributed by atoms with E-state index in [1.165, 1.54) is 0 Å². The molecule has 152 valence electrons. The van der Waals surface area contributed by atoms with E-state index in [4.69, 9.17) is 16.0 Å². The third-order valence-corrected chi connectivity index (χ3v) is 5.28. The standard InChI is InChI=1S/C24H22ClN3O2/c1-16(2)28(15-22-26-27-24(30-22)18-10-12-20(25)13-11-18)23(29)14-19-8-5-7-17-6-3-4-9-21(17)19/h3-13,16H,14-15H2,1-2H3. The van der Waals surface area contributed by atoms with E-state index in [2.05, 4.69) is 22.3 Å². The molecule has 0 radical (unpaired) electrons. The fourth-order valence-electron chi connectivity index (χ4n) is 3.44. The molecule has 0 aliphatic carbocycles. The van der Waals surface area contributed by atoms with Gasteiger partial charge < -0.3 is 9.32 Å². The van der Waals surface area contributed by atoms with Crippen LogP contribution < -0.4 is 0 Å². The largest absolute Gasteiger partial charge is 0.419 e. The number of aromatic nitrogens is 2. The molecule has 5 nitrogen and oxygen atoms in total. The lowest BCUT2D eigenvalue weighted by atomic mass is 10.0. The minimum atomic E-state index is -0.00152. The van der Waals surface area contributed by atoms with Gasteiger partial charge in [0.1, 0.15) is 0 Å². The third-order valence-electron chi connectivity index (χ3n) is 5.03. The number of amides is 1. The highest BCUT2D eigenvalue weighted by atomic mass is 35.5. The van der Waals surface area contributed by atoms with Crippen LogP contribution in [0.4, 0.5) is 0 Å². The second kappa shape index (κ2) is 8.67. The molecule has 0 spiro atoms. The molecule has 0 fully saturated rings. The van der Waals surface area contributed by atoms with Crippen LogP contribution in [-0.4, -0.2) is 27.0 Å². The molecular weight excluding hydrogens is 398 g/mol. The quantitative estimate of drug-likeness (QED) is 0.412. The summed E-state index contributed by atoms with van der Waals surface area (Å²) in [5, 5.41) is 11.1. The van der Waals surface area contributed by atoms with E-state index in [1.807, 2.05) is 56.3 Å². The summed E-state index contributed by atoms with van der Waals surface area (Å²) in [6, 6.07) is 21.3. The molecule has 3 aromatic carbocycles. The lowest BCUT2D eigenvalue weighted by Crippen LogP contribution is -2.37. The number of carbonyl (C=O) groups is 1. The van der Waals surface area contributed by atoms with E-state index in [-0.39, 0.29) is 18.5 Å². The van der Waals surface area contributed by atoms with Crippen LogP contribution in [0.25, 0.3) is 22.2 Å². The first-order valence-corrected chi connectivity index (χ1v) is 10.2. The predicted octanol–water partition coefficient (Wildman–Crippen LogP) is 5.52. The maximum atomic E-state index is 13.1. The Labute approximate surface area is 180 Å². The number of nitrogens with zero attached hydrogens (tertiary/aromatic N) is 3. The van der Waals surface area contributed by atoms with E-state index >= 15 is 0 Å². The average Bonchev–Trinajstić information content (AvgIpc) is 3.21. The van der Waals surface area contributed by atoms with Crippen molar-refractivity contribution in [2.45, 2.75) is 32.9 Å². The normalized spacial score (nSPS) is 11.2. The zero-order valence-corrected chi connectivity index (χ0v) is 17.6. The minimum absolute atomic E-state index is 0.00152. The number of carbonyl (C=O) groups excluding carboxylic acids is 1. The topological polar surface area (TPSA) is 59.2 Å². The predicted molar refractivity (Wildman–Crippen MR) is 118 cm³/mol. The molecule has 0 aliphatic rings. The average molecular weight is 420 g/mol. The highest BCUT2D eigenvalue weighted by molar-refractivity contribution is 6.30. The summed E-state index contributed by atoms with van der Waals surface area (Å²) in [5.41, 5.74) is 1.80. The number of benzene rings is 3. The molecule has 4 rings (SSSR count). The molecule has 6 heteroatoms. The molecule has 1 heterocycles. The molecule has 0 aliphatic heterocycles. The highest BCUT2D eigenvalue weighted by Gasteiger charge is 2.21. The zero-order chi connectivity index (χ0) is 21.1. The van der Waals surface area contributed by atoms with Crippen molar-refractivity contribution in [3.05, 3.63) is 83.2 Å². The SMILES string of the molecule is CC(C)N(Cc1nnc(-c2ccc(Cl)cc2)o1)C(=O)Cc1cccc2ccccc12. The van der Waals surface area contributed by atoms with Crippen LogP contribution in [0.15, 0.2) is 71.1 Å². The van der Waals surface area contributed by atoms with E-state index in [0.29, 0.717) is 23.2 Å². The van der Waals surface area contributed by atoms with Crippen LogP contribution in [0.5, 0.6) is 0 Å². The molecule has 0 bridgehead atoms. The molecule has 1 amide bonds. The Hall–Kier alpha value is -3.18. The third kappa shape index (κ3) is 4.36. The Kier molecular flexibility index (Phi) is 5.81. The van der Waals surface area contributed by atoms with Gasteiger partial charge in [-0.3, -0.25) is 4.79 Å². The van der Waals surface area contributed by atoms with Crippen molar-refractivity contribution < 1.29 is 9.21 Å². The van der Waals surface area contributed by atoms with E-state index in [0.717, 1.165) is 21.9 Å². The smallest absolute Gasteiger partial charge is 0.247 e. The van der Waals surface area contributed by atoms with Crippen molar-refractivity contribution in [1.29, 1.82) is 0 Å². The Morgan fingerprint density at radius 2 is 1.73 bits per heavy atom.